The second-order valence-corrected chi connectivity index (χ2v) is 8.39. The predicted molar refractivity (Wildman–Crippen MR) is 130 cm³/mol. The number of carbonyl (C=O) groups excluding carboxylic acids is 1. The molecular weight excluding hydrogens is 412 g/mol. The number of nitrogens with two attached hydrogens (primary N) is 1. The highest BCUT2D eigenvalue weighted by atomic mass is 16.6. The van der Waals surface area contributed by atoms with E-state index in [0.717, 1.165) is 54.7 Å². The van der Waals surface area contributed by atoms with E-state index in [4.69, 9.17) is 15.9 Å². The van der Waals surface area contributed by atoms with Crippen LogP contribution in [0.4, 0.5) is 4.79 Å². The second kappa shape index (κ2) is 10.8. The number of amidine groups is 1. The summed E-state index contributed by atoms with van der Waals surface area (Å²) in [6.45, 7) is 2.50. The zero-order valence-electron chi connectivity index (χ0n) is 18.6. The molecule has 3 aromatic carbocycles. The normalized spacial score (nSPS) is 14.7. The minimum atomic E-state index is -0.389. The van der Waals surface area contributed by atoms with E-state index < -0.39 is 0 Å². The summed E-state index contributed by atoms with van der Waals surface area (Å²) in [6, 6.07) is 27.4. The van der Waals surface area contributed by atoms with Gasteiger partial charge in [-0.1, -0.05) is 78.9 Å². The fourth-order valence-corrected chi connectivity index (χ4v) is 4.23. The average Bonchev–Trinajstić information content (AvgIpc) is 2.85. The molecule has 170 valence electrons. The van der Waals surface area contributed by atoms with E-state index in [1.54, 1.807) is 0 Å². The molecule has 1 saturated heterocycles. The van der Waals surface area contributed by atoms with E-state index in [2.05, 4.69) is 16.3 Å². The lowest BCUT2D eigenvalue weighted by molar-refractivity contribution is 0.0476. The van der Waals surface area contributed by atoms with Gasteiger partial charge in [0.05, 0.1) is 6.04 Å². The first-order chi connectivity index (χ1) is 16.1. The summed E-state index contributed by atoms with van der Waals surface area (Å²) in [6.07, 6.45) is 1.10. The highest BCUT2D eigenvalue weighted by Gasteiger charge is 2.24. The van der Waals surface area contributed by atoms with Crippen LogP contribution in [0.15, 0.2) is 84.9 Å². The second-order valence-electron chi connectivity index (χ2n) is 8.39. The third-order valence-electron chi connectivity index (χ3n) is 5.98. The van der Waals surface area contributed by atoms with Crippen LogP contribution < -0.4 is 11.1 Å². The number of nitrogen functional groups attached to an aromatic ring is 1. The van der Waals surface area contributed by atoms with Gasteiger partial charge >= 0.3 is 6.09 Å². The van der Waals surface area contributed by atoms with Crippen LogP contribution in [-0.2, 0) is 11.3 Å². The van der Waals surface area contributed by atoms with E-state index in [1.165, 1.54) is 0 Å². The van der Waals surface area contributed by atoms with Crippen LogP contribution >= 0.6 is 0 Å². The van der Waals surface area contributed by atoms with Gasteiger partial charge in [-0.15, -0.1) is 0 Å². The van der Waals surface area contributed by atoms with E-state index in [0.29, 0.717) is 0 Å². The first-order valence-corrected chi connectivity index (χ1v) is 11.3. The molecule has 6 nitrogen and oxygen atoms in total. The standard InChI is InChI=1S/C27H30N4O2/c28-26(29)23-13-7-8-20(18-23)19-31-16-14-24(15-17-31)33-27(32)30-25(21-9-3-1-4-10-21)22-11-5-2-6-12-22/h1-13,18,24-25H,14-17,19H2,(H3,28,29)(H,30,32). The molecule has 0 bridgehead atoms. The summed E-state index contributed by atoms with van der Waals surface area (Å²) in [5.74, 6) is 0.0827. The molecule has 0 spiro atoms. The smallest absolute Gasteiger partial charge is 0.408 e. The van der Waals surface area contributed by atoms with Gasteiger partial charge in [0, 0.05) is 25.2 Å². The summed E-state index contributed by atoms with van der Waals surface area (Å²) in [7, 11) is 0. The Hall–Kier alpha value is -3.64. The first kappa shape index (κ1) is 22.6. The molecule has 4 N–H and O–H groups in total. The fourth-order valence-electron chi connectivity index (χ4n) is 4.23. The summed E-state index contributed by atoms with van der Waals surface area (Å²) >= 11 is 0. The molecule has 1 amide bonds. The highest BCUT2D eigenvalue weighted by Crippen LogP contribution is 2.23. The maximum Gasteiger partial charge on any atom is 0.408 e. The predicted octanol–water partition coefficient (Wildman–Crippen LogP) is 4.45. The number of piperidine rings is 1. The number of rotatable bonds is 7. The minimum Gasteiger partial charge on any atom is -0.446 e. The van der Waals surface area contributed by atoms with Gasteiger partial charge in [0.2, 0.25) is 0 Å². The van der Waals surface area contributed by atoms with E-state index in [9.17, 15) is 4.79 Å². The zero-order valence-corrected chi connectivity index (χ0v) is 18.6. The molecule has 1 fully saturated rings. The molecule has 4 rings (SSSR count). The monoisotopic (exact) mass is 442 g/mol. The molecule has 1 aliphatic rings. The molecule has 1 aliphatic heterocycles. The number of nitrogens with one attached hydrogen (secondary N) is 2. The third kappa shape index (κ3) is 6.20. The Morgan fingerprint density at radius 1 is 0.970 bits per heavy atom. The summed E-state index contributed by atoms with van der Waals surface area (Å²) < 4.78 is 5.79. The van der Waals surface area contributed by atoms with Crippen molar-refractivity contribution in [2.75, 3.05) is 13.1 Å². The fraction of sp³-hybridized carbons (Fsp3) is 0.259. The molecule has 0 radical (unpaired) electrons. The summed E-state index contributed by atoms with van der Waals surface area (Å²) in [5, 5.41) is 10.7. The Balaban J connectivity index is 1.31. The Bertz CT molecular complexity index is 1020. The number of nitrogens with zero attached hydrogens (tertiary/aromatic N) is 1. The lowest BCUT2D eigenvalue weighted by atomic mass is 9.99. The van der Waals surface area contributed by atoms with Crippen molar-refractivity contribution in [2.45, 2.75) is 31.5 Å². The van der Waals surface area contributed by atoms with E-state index in [-0.39, 0.29) is 24.1 Å². The number of alkyl carbamates (subject to hydrolysis) is 1. The summed E-state index contributed by atoms with van der Waals surface area (Å²) in [4.78, 5) is 15.1. The summed E-state index contributed by atoms with van der Waals surface area (Å²) in [5.41, 5.74) is 9.52. The van der Waals surface area contributed by atoms with Crippen LogP contribution in [-0.4, -0.2) is 36.0 Å². The Morgan fingerprint density at radius 3 is 2.15 bits per heavy atom. The van der Waals surface area contributed by atoms with Crippen LogP contribution in [0.2, 0.25) is 0 Å². The number of hydrogen-bond acceptors (Lipinski definition) is 4. The molecule has 1 heterocycles. The van der Waals surface area contributed by atoms with Crippen molar-refractivity contribution in [3.63, 3.8) is 0 Å². The lowest BCUT2D eigenvalue weighted by Gasteiger charge is -2.32. The van der Waals surface area contributed by atoms with Crippen LogP contribution in [0, 0.1) is 5.41 Å². The van der Waals surface area contributed by atoms with Gasteiger partial charge in [0.15, 0.2) is 0 Å². The number of hydrogen-bond donors (Lipinski definition) is 3. The number of amides is 1. The van der Waals surface area contributed by atoms with E-state index >= 15 is 0 Å². The van der Waals surface area contributed by atoms with Crippen molar-refractivity contribution in [3.8, 4) is 0 Å². The van der Waals surface area contributed by atoms with Gasteiger partial charge in [-0.25, -0.2) is 4.79 Å². The Morgan fingerprint density at radius 2 is 1.58 bits per heavy atom. The van der Waals surface area contributed by atoms with Crippen LogP contribution in [0.3, 0.4) is 0 Å². The number of benzene rings is 3. The van der Waals surface area contributed by atoms with Crippen molar-refractivity contribution >= 4 is 11.9 Å². The topological polar surface area (TPSA) is 91.4 Å². The van der Waals surface area contributed by atoms with Gasteiger partial charge in [-0.05, 0) is 35.6 Å². The SMILES string of the molecule is N=C(N)c1cccc(CN2CCC(OC(=O)NC(c3ccccc3)c3ccccc3)CC2)c1. The maximum absolute atomic E-state index is 12.8. The largest absolute Gasteiger partial charge is 0.446 e. The van der Waals surface area contributed by atoms with Gasteiger partial charge in [0.1, 0.15) is 11.9 Å². The first-order valence-electron chi connectivity index (χ1n) is 11.3. The molecule has 0 saturated carbocycles. The minimum absolute atomic E-state index is 0.0827. The quantitative estimate of drug-likeness (QED) is 0.372. The average molecular weight is 443 g/mol. The van der Waals surface area contributed by atoms with Gasteiger partial charge in [0.25, 0.3) is 0 Å². The molecular formula is C27H30N4O2. The van der Waals surface area contributed by atoms with Crippen molar-refractivity contribution in [2.24, 2.45) is 5.73 Å². The number of carbonyl (C=O) groups is 1. The third-order valence-corrected chi connectivity index (χ3v) is 5.98. The van der Waals surface area contributed by atoms with E-state index in [1.807, 2.05) is 78.9 Å². The van der Waals surface area contributed by atoms with Gasteiger partial charge < -0.3 is 15.8 Å². The van der Waals surface area contributed by atoms with Crippen LogP contribution in [0.1, 0.15) is 41.1 Å². The molecule has 0 aliphatic carbocycles. The number of ether oxygens (including phenoxy) is 1. The molecule has 3 aromatic rings. The zero-order chi connectivity index (χ0) is 23.0. The van der Waals surface area contributed by atoms with Crippen molar-refractivity contribution < 1.29 is 9.53 Å². The lowest BCUT2D eigenvalue weighted by Crippen LogP contribution is -2.40. The Kier molecular flexibility index (Phi) is 7.37. The van der Waals surface area contributed by atoms with Crippen LogP contribution in [0.25, 0.3) is 0 Å². The molecule has 0 unspecified atom stereocenters. The number of likely N-dealkylation sites (tertiary alicyclic amines) is 1. The molecule has 6 heteroatoms. The van der Waals surface area contributed by atoms with Crippen molar-refractivity contribution in [3.05, 3.63) is 107 Å². The highest BCUT2D eigenvalue weighted by molar-refractivity contribution is 5.95. The van der Waals surface area contributed by atoms with Crippen molar-refractivity contribution in [1.82, 2.24) is 10.2 Å². The Labute approximate surface area is 194 Å². The maximum atomic E-state index is 12.8. The van der Waals surface area contributed by atoms with Gasteiger partial charge in [-0.3, -0.25) is 10.3 Å². The molecule has 33 heavy (non-hydrogen) atoms. The van der Waals surface area contributed by atoms with Crippen LogP contribution in [0.5, 0.6) is 0 Å². The molecule has 0 atom stereocenters. The van der Waals surface area contributed by atoms with Crippen molar-refractivity contribution in [1.29, 1.82) is 5.41 Å². The molecule has 0 aromatic heterocycles. The van der Waals surface area contributed by atoms with Gasteiger partial charge in [-0.2, -0.15) is 0 Å².